The van der Waals surface area contributed by atoms with E-state index < -0.39 is 11.9 Å². The fourth-order valence-electron chi connectivity index (χ4n) is 3.57. The third-order valence-corrected chi connectivity index (χ3v) is 5.63. The number of piperidine rings is 1. The Kier molecular flexibility index (Phi) is 7.48. The second kappa shape index (κ2) is 10.3. The molecule has 1 heterocycles. The van der Waals surface area contributed by atoms with Gasteiger partial charge in [-0.15, -0.1) is 0 Å². The maximum Gasteiger partial charge on any atom is 0.337 e. The summed E-state index contributed by atoms with van der Waals surface area (Å²) in [6, 6.07) is 11.1. The first kappa shape index (κ1) is 23.3. The van der Waals surface area contributed by atoms with Crippen molar-refractivity contribution in [3.63, 3.8) is 0 Å². The summed E-state index contributed by atoms with van der Waals surface area (Å²) in [7, 11) is 2.45. The summed E-state index contributed by atoms with van der Waals surface area (Å²) < 4.78 is 9.42. The number of benzene rings is 2. The molecule has 0 saturated carbocycles. The van der Waals surface area contributed by atoms with E-state index in [2.05, 4.69) is 5.32 Å². The van der Waals surface area contributed by atoms with E-state index in [-0.39, 0.29) is 34.5 Å². The summed E-state index contributed by atoms with van der Waals surface area (Å²) >= 11 is 6.12. The Balaban J connectivity index is 1.67. The summed E-state index contributed by atoms with van der Waals surface area (Å²) in [6.07, 6.45) is 0.950. The Labute approximate surface area is 190 Å². The van der Waals surface area contributed by atoms with Crippen molar-refractivity contribution in [2.45, 2.75) is 12.8 Å². The van der Waals surface area contributed by atoms with Gasteiger partial charge >= 0.3 is 11.9 Å². The van der Waals surface area contributed by atoms with Gasteiger partial charge in [0.15, 0.2) is 0 Å². The van der Waals surface area contributed by atoms with E-state index in [9.17, 15) is 19.2 Å². The maximum atomic E-state index is 12.8. The molecular weight excluding hydrogens is 436 g/mol. The van der Waals surface area contributed by atoms with Crippen LogP contribution in [0.4, 0.5) is 5.69 Å². The lowest BCUT2D eigenvalue weighted by Crippen LogP contribution is -2.41. The smallest absolute Gasteiger partial charge is 0.337 e. The number of carbonyl (C=O) groups excluding carboxylic acids is 4. The Morgan fingerprint density at radius 1 is 0.938 bits per heavy atom. The molecule has 0 radical (unpaired) electrons. The normalized spacial score (nSPS) is 13.9. The van der Waals surface area contributed by atoms with Crippen LogP contribution in [0.15, 0.2) is 42.5 Å². The van der Waals surface area contributed by atoms with E-state index in [0.717, 1.165) is 0 Å². The molecule has 1 N–H and O–H groups in total. The number of nitrogens with one attached hydrogen (secondary N) is 1. The van der Waals surface area contributed by atoms with E-state index in [1.807, 2.05) is 0 Å². The van der Waals surface area contributed by atoms with Gasteiger partial charge < -0.3 is 19.7 Å². The molecular formula is C23H23ClN2O6. The zero-order valence-corrected chi connectivity index (χ0v) is 18.5. The van der Waals surface area contributed by atoms with Gasteiger partial charge in [-0.3, -0.25) is 9.59 Å². The Morgan fingerprint density at radius 2 is 1.50 bits per heavy atom. The average Bonchev–Trinajstić information content (AvgIpc) is 2.82. The van der Waals surface area contributed by atoms with Crippen molar-refractivity contribution in [2.24, 2.45) is 5.92 Å². The number of hydrogen-bond donors (Lipinski definition) is 1. The van der Waals surface area contributed by atoms with E-state index in [0.29, 0.717) is 36.5 Å². The molecule has 0 spiro atoms. The van der Waals surface area contributed by atoms with Crippen LogP contribution in [-0.4, -0.2) is 56.0 Å². The second-order valence-electron chi connectivity index (χ2n) is 7.32. The number of halogens is 1. The Morgan fingerprint density at radius 3 is 2.03 bits per heavy atom. The van der Waals surface area contributed by atoms with Crippen molar-refractivity contribution in [2.75, 3.05) is 32.6 Å². The number of likely N-dealkylation sites (tertiary alicyclic amines) is 1. The lowest BCUT2D eigenvalue weighted by Gasteiger charge is -2.31. The minimum absolute atomic E-state index is 0.117. The number of rotatable bonds is 5. The molecule has 1 aliphatic rings. The molecule has 2 amide bonds. The Bertz CT molecular complexity index is 1010. The third kappa shape index (κ3) is 5.26. The first-order valence-corrected chi connectivity index (χ1v) is 10.4. The molecule has 2 aromatic rings. The minimum Gasteiger partial charge on any atom is -0.465 e. The van der Waals surface area contributed by atoms with Gasteiger partial charge in [-0.25, -0.2) is 9.59 Å². The summed E-state index contributed by atoms with van der Waals surface area (Å²) in [4.78, 5) is 51.0. The van der Waals surface area contributed by atoms with Gasteiger partial charge in [0.1, 0.15) is 0 Å². The highest BCUT2D eigenvalue weighted by Gasteiger charge is 2.29. The standard InChI is InChI=1S/C23H23ClN2O6/c1-31-22(29)15-11-16(23(30)32-2)13-17(12-15)25-20(27)14-7-9-26(10-8-14)21(28)18-5-3-4-6-19(18)24/h3-6,11-14H,7-10H2,1-2H3,(H,25,27). The average molecular weight is 459 g/mol. The zero-order chi connectivity index (χ0) is 23.3. The summed E-state index contributed by atoms with van der Waals surface area (Å²) in [5.74, 6) is -2.03. The SMILES string of the molecule is COC(=O)c1cc(NC(=O)C2CCN(C(=O)c3ccccc3Cl)CC2)cc(C(=O)OC)c1. The fourth-order valence-corrected chi connectivity index (χ4v) is 3.78. The van der Waals surface area contributed by atoms with Crippen molar-refractivity contribution in [3.05, 3.63) is 64.2 Å². The molecule has 0 unspecified atom stereocenters. The summed E-state index contributed by atoms with van der Waals surface area (Å²) in [6.45, 7) is 0.829. The van der Waals surface area contributed by atoms with Crippen LogP contribution in [0, 0.1) is 5.92 Å². The van der Waals surface area contributed by atoms with Gasteiger partial charge in [0.05, 0.1) is 35.9 Å². The number of amides is 2. The molecule has 0 atom stereocenters. The molecule has 0 aliphatic carbocycles. The fraction of sp³-hybridized carbons (Fsp3) is 0.304. The van der Waals surface area contributed by atoms with Gasteiger partial charge in [-0.05, 0) is 43.2 Å². The first-order valence-electron chi connectivity index (χ1n) is 10.0. The molecule has 8 nitrogen and oxygen atoms in total. The molecule has 168 valence electrons. The van der Waals surface area contributed by atoms with Gasteiger partial charge in [0.25, 0.3) is 5.91 Å². The van der Waals surface area contributed by atoms with Crippen molar-refractivity contribution in [3.8, 4) is 0 Å². The summed E-state index contributed by atoms with van der Waals surface area (Å²) in [5.41, 5.74) is 0.955. The number of methoxy groups -OCH3 is 2. The van der Waals surface area contributed by atoms with E-state index in [4.69, 9.17) is 21.1 Å². The topological polar surface area (TPSA) is 102 Å². The number of anilines is 1. The van der Waals surface area contributed by atoms with Crippen molar-refractivity contribution >= 4 is 41.0 Å². The molecule has 32 heavy (non-hydrogen) atoms. The van der Waals surface area contributed by atoms with Crippen LogP contribution in [0.25, 0.3) is 0 Å². The highest BCUT2D eigenvalue weighted by Crippen LogP contribution is 2.24. The molecule has 9 heteroatoms. The molecule has 0 bridgehead atoms. The largest absolute Gasteiger partial charge is 0.465 e. The number of hydrogen-bond acceptors (Lipinski definition) is 6. The number of ether oxygens (including phenoxy) is 2. The zero-order valence-electron chi connectivity index (χ0n) is 17.7. The van der Waals surface area contributed by atoms with Gasteiger partial charge in [0, 0.05) is 24.7 Å². The lowest BCUT2D eigenvalue weighted by atomic mass is 9.95. The molecule has 1 saturated heterocycles. The molecule has 1 aliphatic heterocycles. The van der Waals surface area contributed by atoms with Crippen LogP contribution in [0.2, 0.25) is 5.02 Å². The van der Waals surface area contributed by atoms with Crippen LogP contribution < -0.4 is 5.32 Å². The monoisotopic (exact) mass is 458 g/mol. The van der Waals surface area contributed by atoms with Crippen LogP contribution in [-0.2, 0) is 14.3 Å². The van der Waals surface area contributed by atoms with Crippen molar-refractivity contribution < 1.29 is 28.7 Å². The second-order valence-corrected chi connectivity index (χ2v) is 7.72. The Hall–Kier alpha value is -3.39. The van der Waals surface area contributed by atoms with Gasteiger partial charge in [-0.1, -0.05) is 23.7 Å². The number of nitrogens with zero attached hydrogens (tertiary/aromatic N) is 1. The third-order valence-electron chi connectivity index (χ3n) is 5.30. The van der Waals surface area contributed by atoms with Crippen molar-refractivity contribution in [1.29, 1.82) is 0 Å². The lowest BCUT2D eigenvalue weighted by molar-refractivity contribution is -0.121. The van der Waals surface area contributed by atoms with Crippen LogP contribution in [0.1, 0.15) is 43.9 Å². The minimum atomic E-state index is -0.641. The number of carbonyl (C=O) groups is 4. The quantitative estimate of drug-likeness (QED) is 0.689. The first-order chi connectivity index (χ1) is 15.3. The van der Waals surface area contributed by atoms with Gasteiger partial charge in [-0.2, -0.15) is 0 Å². The van der Waals surface area contributed by atoms with E-state index >= 15 is 0 Å². The van der Waals surface area contributed by atoms with E-state index in [1.165, 1.54) is 32.4 Å². The van der Waals surface area contributed by atoms with Crippen LogP contribution in [0.5, 0.6) is 0 Å². The molecule has 1 fully saturated rings. The molecule has 0 aromatic heterocycles. The van der Waals surface area contributed by atoms with Crippen molar-refractivity contribution in [1.82, 2.24) is 4.90 Å². The predicted molar refractivity (Wildman–Crippen MR) is 118 cm³/mol. The number of esters is 2. The van der Waals surface area contributed by atoms with Crippen LogP contribution >= 0.6 is 11.6 Å². The van der Waals surface area contributed by atoms with Crippen LogP contribution in [0.3, 0.4) is 0 Å². The molecule has 3 rings (SSSR count). The highest BCUT2D eigenvalue weighted by atomic mass is 35.5. The summed E-state index contributed by atoms with van der Waals surface area (Å²) in [5, 5.41) is 3.15. The van der Waals surface area contributed by atoms with E-state index in [1.54, 1.807) is 29.2 Å². The highest BCUT2D eigenvalue weighted by molar-refractivity contribution is 6.33. The molecule has 2 aromatic carbocycles. The predicted octanol–water partition coefficient (Wildman–Crippen LogP) is 3.40. The van der Waals surface area contributed by atoms with Gasteiger partial charge in [0.2, 0.25) is 5.91 Å². The maximum absolute atomic E-state index is 12.8.